The first kappa shape index (κ1) is 30.0. The fourth-order valence-corrected chi connectivity index (χ4v) is 5.80. The predicted octanol–water partition coefficient (Wildman–Crippen LogP) is 3.51. The molecule has 2 aromatic carbocycles. The summed E-state index contributed by atoms with van der Waals surface area (Å²) in [5.74, 6) is 0.0491. The molecule has 8 heteroatoms. The molecule has 7 nitrogen and oxygen atoms in total. The van der Waals surface area contributed by atoms with Gasteiger partial charge in [-0.3, -0.25) is 13.8 Å². The Morgan fingerprint density at radius 3 is 2.21 bits per heavy atom. The number of rotatable bonds is 11. The molecular formula is C30H43N3O4S. The number of aliphatic hydroxyl groups excluding tert-OH is 1. The molecule has 4 rings (SSSR count). The number of carbonyl (C=O) groups excluding carboxylic acids is 2. The van der Waals surface area contributed by atoms with Crippen molar-refractivity contribution in [3.05, 3.63) is 65.7 Å². The Balaban J connectivity index is 0.000000436. The van der Waals surface area contributed by atoms with Gasteiger partial charge < -0.3 is 20.6 Å². The number of likely N-dealkylation sites (tertiary alicyclic amines) is 2. The minimum absolute atomic E-state index is 0.138. The maximum atomic E-state index is 13.2. The SMILES string of the molecule is CS(=O)c1ccc(CN2CCC3(CCN(CCCc4ccccc4)CC3)C2=O)cc1.NC(=O)CCCCO. The number of hydrogen-bond donors (Lipinski definition) is 2. The Morgan fingerprint density at radius 2 is 1.61 bits per heavy atom. The number of nitrogens with zero attached hydrogens (tertiary/aromatic N) is 2. The van der Waals surface area contributed by atoms with Crippen LogP contribution in [0.4, 0.5) is 0 Å². The van der Waals surface area contributed by atoms with Gasteiger partial charge in [-0.2, -0.15) is 0 Å². The number of aryl methyl sites for hydroxylation is 1. The lowest BCUT2D eigenvalue weighted by Gasteiger charge is -2.38. The lowest BCUT2D eigenvalue weighted by molar-refractivity contribution is -0.138. The predicted molar refractivity (Wildman–Crippen MR) is 152 cm³/mol. The monoisotopic (exact) mass is 541 g/mol. The standard InChI is InChI=1S/C25H32N2O2S.C5H11NO2/c1-30(29)23-11-9-22(10-12-23)20-27-19-15-25(24(27)28)13-17-26(18-14-25)16-5-8-21-6-3-2-4-7-21;6-5(8)3-1-2-4-7/h2-4,6-7,9-12H,5,8,13-20H2,1H3;7H,1-4H2,(H2,6,8). The summed E-state index contributed by atoms with van der Waals surface area (Å²) >= 11 is 0. The molecule has 2 amide bonds. The fraction of sp³-hybridized carbons (Fsp3) is 0.533. The zero-order valence-corrected chi connectivity index (χ0v) is 23.5. The van der Waals surface area contributed by atoms with Gasteiger partial charge in [0.1, 0.15) is 0 Å². The molecule has 0 bridgehead atoms. The summed E-state index contributed by atoms with van der Waals surface area (Å²) in [6.07, 6.45) is 8.71. The first-order chi connectivity index (χ1) is 18.3. The van der Waals surface area contributed by atoms with Gasteiger partial charge >= 0.3 is 0 Å². The van der Waals surface area contributed by atoms with Crippen LogP contribution in [-0.2, 0) is 33.4 Å². The number of carbonyl (C=O) groups is 2. The first-order valence-electron chi connectivity index (χ1n) is 13.7. The third-order valence-corrected chi connectivity index (χ3v) is 8.59. The smallest absolute Gasteiger partial charge is 0.229 e. The number of nitrogens with two attached hydrogens (primary N) is 1. The highest BCUT2D eigenvalue weighted by Gasteiger charge is 2.47. The molecule has 0 aliphatic carbocycles. The van der Waals surface area contributed by atoms with Crippen molar-refractivity contribution < 1.29 is 18.9 Å². The van der Waals surface area contributed by atoms with Crippen molar-refractivity contribution in [2.45, 2.75) is 62.8 Å². The molecule has 0 aromatic heterocycles. The number of hydrogen-bond acceptors (Lipinski definition) is 5. The van der Waals surface area contributed by atoms with E-state index in [-0.39, 0.29) is 17.9 Å². The van der Waals surface area contributed by atoms with Crippen LogP contribution in [0.25, 0.3) is 0 Å². The number of aliphatic hydroxyl groups is 1. The second kappa shape index (κ2) is 15.1. The molecule has 1 unspecified atom stereocenters. The van der Waals surface area contributed by atoms with Gasteiger partial charge in [0.2, 0.25) is 11.8 Å². The van der Waals surface area contributed by atoms with E-state index in [0.29, 0.717) is 31.7 Å². The van der Waals surface area contributed by atoms with E-state index in [9.17, 15) is 13.8 Å². The van der Waals surface area contributed by atoms with E-state index in [4.69, 9.17) is 10.8 Å². The topological polar surface area (TPSA) is 104 Å². The summed E-state index contributed by atoms with van der Waals surface area (Å²) in [7, 11) is -0.960. The molecule has 2 saturated heterocycles. The van der Waals surface area contributed by atoms with Crippen molar-refractivity contribution in [2.75, 3.05) is 39.0 Å². The average Bonchev–Trinajstić information content (AvgIpc) is 3.21. The second-order valence-electron chi connectivity index (χ2n) is 10.4. The lowest BCUT2D eigenvalue weighted by atomic mass is 9.77. The van der Waals surface area contributed by atoms with Crippen molar-refractivity contribution in [2.24, 2.45) is 11.1 Å². The van der Waals surface area contributed by atoms with Crippen molar-refractivity contribution in [1.29, 1.82) is 0 Å². The summed E-state index contributed by atoms with van der Waals surface area (Å²) < 4.78 is 11.6. The van der Waals surface area contributed by atoms with Crippen LogP contribution >= 0.6 is 0 Å². The number of amides is 2. The van der Waals surface area contributed by atoms with Crippen LogP contribution in [0.2, 0.25) is 0 Å². The Hall–Kier alpha value is -2.55. The van der Waals surface area contributed by atoms with Crippen molar-refractivity contribution in [1.82, 2.24) is 9.80 Å². The molecule has 1 spiro atoms. The Kier molecular flexibility index (Phi) is 12.0. The molecule has 2 aliphatic rings. The summed E-state index contributed by atoms with van der Waals surface area (Å²) in [4.78, 5) is 28.6. The molecule has 2 fully saturated rings. The van der Waals surface area contributed by atoms with E-state index < -0.39 is 10.8 Å². The van der Waals surface area contributed by atoms with E-state index in [1.165, 1.54) is 12.0 Å². The average molecular weight is 542 g/mol. The molecule has 2 aromatic rings. The van der Waals surface area contributed by atoms with Crippen LogP contribution < -0.4 is 5.73 Å². The number of unbranched alkanes of at least 4 members (excludes halogenated alkanes) is 1. The van der Waals surface area contributed by atoms with Gasteiger partial charge in [-0.15, -0.1) is 0 Å². The van der Waals surface area contributed by atoms with Gasteiger partial charge in [-0.25, -0.2) is 0 Å². The van der Waals surface area contributed by atoms with Crippen LogP contribution in [0.15, 0.2) is 59.5 Å². The van der Waals surface area contributed by atoms with Gasteiger partial charge in [-0.05, 0) is 87.8 Å². The van der Waals surface area contributed by atoms with Gasteiger partial charge in [0.25, 0.3) is 0 Å². The third kappa shape index (κ3) is 9.03. The van der Waals surface area contributed by atoms with Crippen LogP contribution in [0.1, 0.15) is 56.1 Å². The molecule has 2 heterocycles. The molecule has 2 aliphatic heterocycles. The molecule has 208 valence electrons. The van der Waals surface area contributed by atoms with E-state index in [1.54, 1.807) is 6.26 Å². The summed E-state index contributed by atoms with van der Waals surface area (Å²) in [5, 5.41) is 8.23. The molecule has 3 N–H and O–H groups in total. The van der Waals surface area contributed by atoms with E-state index in [1.807, 2.05) is 29.2 Å². The van der Waals surface area contributed by atoms with Crippen molar-refractivity contribution >= 4 is 22.6 Å². The van der Waals surface area contributed by atoms with Gasteiger partial charge in [-0.1, -0.05) is 42.5 Å². The lowest BCUT2D eigenvalue weighted by Crippen LogP contribution is -2.44. The Morgan fingerprint density at radius 1 is 0.947 bits per heavy atom. The number of benzene rings is 2. The van der Waals surface area contributed by atoms with E-state index in [0.717, 1.165) is 62.3 Å². The van der Waals surface area contributed by atoms with Crippen LogP contribution in [0.5, 0.6) is 0 Å². The molecule has 38 heavy (non-hydrogen) atoms. The Bertz CT molecular complexity index is 1040. The zero-order chi connectivity index (χ0) is 27.4. The minimum Gasteiger partial charge on any atom is -0.396 e. The van der Waals surface area contributed by atoms with Crippen LogP contribution in [-0.4, -0.2) is 70.0 Å². The van der Waals surface area contributed by atoms with Gasteiger partial charge in [0.15, 0.2) is 0 Å². The quantitative estimate of drug-likeness (QED) is 0.424. The molecule has 1 atom stereocenters. The molecule has 0 radical (unpaired) electrons. The van der Waals surface area contributed by atoms with E-state index in [2.05, 4.69) is 35.2 Å². The van der Waals surface area contributed by atoms with Crippen LogP contribution in [0, 0.1) is 5.41 Å². The highest BCUT2D eigenvalue weighted by atomic mass is 32.2. The molecule has 0 saturated carbocycles. The highest BCUT2D eigenvalue weighted by Crippen LogP contribution is 2.42. The maximum Gasteiger partial charge on any atom is 0.229 e. The normalized spacial score (nSPS) is 17.7. The zero-order valence-electron chi connectivity index (χ0n) is 22.6. The third-order valence-electron chi connectivity index (χ3n) is 7.66. The van der Waals surface area contributed by atoms with E-state index >= 15 is 0 Å². The summed E-state index contributed by atoms with van der Waals surface area (Å²) in [5.41, 5.74) is 7.20. The first-order valence-corrected chi connectivity index (χ1v) is 15.3. The summed E-state index contributed by atoms with van der Waals surface area (Å²) in [6.45, 7) is 4.85. The Labute approximate surface area is 229 Å². The largest absolute Gasteiger partial charge is 0.396 e. The highest BCUT2D eigenvalue weighted by molar-refractivity contribution is 7.84. The number of piperidine rings is 1. The molecular weight excluding hydrogens is 498 g/mol. The number of primary amides is 1. The van der Waals surface area contributed by atoms with Crippen LogP contribution in [0.3, 0.4) is 0 Å². The summed E-state index contributed by atoms with van der Waals surface area (Å²) in [6, 6.07) is 18.5. The minimum atomic E-state index is -0.960. The maximum absolute atomic E-state index is 13.2. The van der Waals surface area contributed by atoms with Crippen molar-refractivity contribution in [3.8, 4) is 0 Å². The van der Waals surface area contributed by atoms with Crippen molar-refractivity contribution in [3.63, 3.8) is 0 Å². The van der Waals surface area contributed by atoms with Gasteiger partial charge in [0.05, 0.1) is 5.41 Å². The second-order valence-corrected chi connectivity index (χ2v) is 11.8. The fourth-order valence-electron chi connectivity index (χ4n) is 5.28. The van der Waals surface area contributed by atoms with Gasteiger partial charge in [0, 0.05) is 48.1 Å².